The van der Waals surface area contributed by atoms with E-state index in [0.717, 1.165) is 12.8 Å². The van der Waals surface area contributed by atoms with Crippen molar-refractivity contribution in [3.8, 4) is 5.75 Å². The van der Waals surface area contributed by atoms with Crippen LogP contribution < -0.4 is 10.1 Å². The number of amides is 1. The number of halogens is 1. The molecule has 1 N–H and O–H groups in total. The molecule has 0 aliphatic carbocycles. The topological polar surface area (TPSA) is 84.7 Å². The molecular formula is C14H20ClN3O4. The molecular weight excluding hydrogens is 310 g/mol. The van der Waals surface area contributed by atoms with Gasteiger partial charge in [0.1, 0.15) is 0 Å². The summed E-state index contributed by atoms with van der Waals surface area (Å²) in [6, 6.07) is 4.67. The Morgan fingerprint density at radius 2 is 2.05 bits per heavy atom. The van der Waals surface area contributed by atoms with Crippen LogP contribution in [0.3, 0.4) is 0 Å². The van der Waals surface area contributed by atoms with Gasteiger partial charge in [-0.15, -0.1) is 12.4 Å². The number of rotatable bonds is 4. The third-order valence-electron chi connectivity index (χ3n) is 3.81. The zero-order chi connectivity index (χ0) is 15.4. The van der Waals surface area contributed by atoms with Crippen molar-refractivity contribution in [2.75, 3.05) is 27.2 Å². The highest BCUT2D eigenvalue weighted by Crippen LogP contribution is 2.28. The van der Waals surface area contributed by atoms with Crippen LogP contribution >= 0.6 is 12.4 Å². The summed E-state index contributed by atoms with van der Waals surface area (Å²) < 4.78 is 5.00. The average molecular weight is 330 g/mol. The van der Waals surface area contributed by atoms with Crippen molar-refractivity contribution in [3.63, 3.8) is 0 Å². The lowest BCUT2D eigenvalue weighted by atomic mass is 10.0. The van der Waals surface area contributed by atoms with Crippen molar-refractivity contribution in [2.24, 2.45) is 0 Å². The highest BCUT2D eigenvalue weighted by atomic mass is 35.5. The minimum Gasteiger partial charge on any atom is -0.490 e. The van der Waals surface area contributed by atoms with Crippen LogP contribution in [0.2, 0.25) is 0 Å². The van der Waals surface area contributed by atoms with Crippen LogP contribution in [0.1, 0.15) is 23.2 Å². The summed E-state index contributed by atoms with van der Waals surface area (Å²) in [5, 5.41) is 14.1. The maximum Gasteiger partial charge on any atom is 0.310 e. The van der Waals surface area contributed by atoms with Gasteiger partial charge in [-0.1, -0.05) is 0 Å². The minimum absolute atomic E-state index is 0. The largest absolute Gasteiger partial charge is 0.490 e. The summed E-state index contributed by atoms with van der Waals surface area (Å²) in [6.07, 6.45) is 1.82. The standard InChI is InChI=1S/C14H19N3O4.ClH/c1-15-11-5-7-16(8-6-11)14(18)10-3-4-12(17(19)20)13(9-10)21-2;/h3-4,9,11,15H,5-8H2,1-2H3;1H. The van der Waals surface area contributed by atoms with Crippen LogP contribution in [0.15, 0.2) is 18.2 Å². The Kier molecular flexibility index (Phi) is 6.58. The number of hydrogen-bond donors (Lipinski definition) is 1. The molecule has 0 aromatic heterocycles. The SMILES string of the molecule is CNC1CCN(C(=O)c2ccc([N+](=O)[O-])c(OC)c2)CC1.Cl. The molecule has 1 aliphatic rings. The second-order valence-corrected chi connectivity index (χ2v) is 5.00. The Hall–Kier alpha value is -1.86. The molecule has 0 bridgehead atoms. The second kappa shape index (κ2) is 7.95. The number of nitrogens with one attached hydrogen (secondary N) is 1. The van der Waals surface area contributed by atoms with Gasteiger partial charge in [-0.3, -0.25) is 14.9 Å². The van der Waals surface area contributed by atoms with Crippen LogP contribution in [-0.4, -0.2) is 49.0 Å². The first-order chi connectivity index (χ1) is 10.1. The summed E-state index contributed by atoms with van der Waals surface area (Å²) in [7, 11) is 3.28. The Morgan fingerprint density at radius 3 is 2.55 bits per heavy atom. The van der Waals surface area contributed by atoms with E-state index in [2.05, 4.69) is 5.32 Å². The van der Waals surface area contributed by atoms with Crippen LogP contribution in [-0.2, 0) is 0 Å². The van der Waals surface area contributed by atoms with E-state index in [1.54, 1.807) is 4.90 Å². The maximum absolute atomic E-state index is 12.4. The highest BCUT2D eigenvalue weighted by molar-refractivity contribution is 5.95. The van der Waals surface area contributed by atoms with E-state index < -0.39 is 4.92 Å². The van der Waals surface area contributed by atoms with Crippen LogP contribution in [0.25, 0.3) is 0 Å². The Labute approximate surface area is 135 Å². The van der Waals surface area contributed by atoms with Crippen molar-refractivity contribution in [1.29, 1.82) is 0 Å². The van der Waals surface area contributed by atoms with Gasteiger partial charge in [0.25, 0.3) is 5.91 Å². The van der Waals surface area contributed by atoms with Crippen molar-refractivity contribution in [3.05, 3.63) is 33.9 Å². The van der Waals surface area contributed by atoms with E-state index >= 15 is 0 Å². The summed E-state index contributed by atoms with van der Waals surface area (Å²) in [5.41, 5.74) is 0.281. The predicted molar refractivity (Wildman–Crippen MR) is 84.9 cm³/mol. The van der Waals surface area contributed by atoms with Gasteiger partial charge in [0, 0.05) is 36.8 Å². The smallest absolute Gasteiger partial charge is 0.310 e. The number of nitro benzene ring substituents is 1. The molecule has 1 aromatic rings. The van der Waals surface area contributed by atoms with Gasteiger partial charge in [-0.2, -0.15) is 0 Å². The number of piperidine rings is 1. The number of methoxy groups -OCH3 is 1. The Balaban J connectivity index is 0.00000242. The van der Waals surface area contributed by atoms with Crippen molar-refractivity contribution in [1.82, 2.24) is 10.2 Å². The zero-order valence-corrected chi connectivity index (χ0v) is 13.4. The fourth-order valence-electron chi connectivity index (χ4n) is 2.52. The summed E-state index contributed by atoms with van der Waals surface area (Å²) in [5.74, 6) is -0.00582. The van der Waals surface area contributed by atoms with E-state index in [0.29, 0.717) is 24.7 Å². The molecule has 1 aliphatic heterocycles. The van der Waals surface area contributed by atoms with E-state index in [4.69, 9.17) is 4.74 Å². The molecule has 122 valence electrons. The normalized spacial score (nSPS) is 15.1. The van der Waals surface area contributed by atoms with Gasteiger partial charge in [-0.05, 0) is 26.0 Å². The fourth-order valence-corrected chi connectivity index (χ4v) is 2.52. The minimum atomic E-state index is -0.522. The molecule has 22 heavy (non-hydrogen) atoms. The lowest BCUT2D eigenvalue weighted by Crippen LogP contribution is -2.43. The first-order valence-corrected chi connectivity index (χ1v) is 6.85. The molecule has 8 heteroatoms. The van der Waals surface area contributed by atoms with Gasteiger partial charge in [0.15, 0.2) is 5.75 Å². The molecule has 1 saturated heterocycles. The Morgan fingerprint density at radius 1 is 1.41 bits per heavy atom. The molecule has 0 radical (unpaired) electrons. The molecule has 0 atom stereocenters. The van der Waals surface area contributed by atoms with E-state index in [-0.39, 0.29) is 29.8 Å². The number of hydrogen-bond acceptors (Lipinski definition) is 5. The lowest BCUT2D eigenvalue weighted by molar-refractivity contribution is -0.385. The monoisotopic (exact) mass is 329 g/mol. The lowest BCUT2D eigenvalue weighted by Gasteiger charge is -2.31. The van der Waals surface area contributed by atoms with Crippen LogP contribution in [0, 0.1) is 10.1 Å². The summed E-state index contributed by atoms with van der Waals surface area (Å²) >= 11 is 0. The number of likely N-dealkylation sites (tertiary alicyclic amines) is 1. The summed E-state index contributed by atoms with van der Waals surface area (Å²) in [4.78, 5) is 24.5. The average Bonchev–Trinajstić information content (AvgIpc) is 2.53. The molecule has 2 rings (SSSR count). The molecule has 0 saturated carbocycles. The van der Waals surface area contributed by atoms with Crippen LogP contribution in [0.5, 0.6) is 5.75 Å². The second-order valence-electron chi connectivity index (χ2n) is 5.00. The van der Waals surface area contributed by atoms with Gasteiger partial charge in [0.2, 0.25) is 0 Å². The predicted octanol–water partition coefficient (Wildman–Crippen LogP) is 1.85. The molecule has 1 heterocycles. The third kappa shape index (κ3) is 3.86. The number of ether oxygens (including phenoxy) is 1. The van der Waals surface area contributed by atoms with Crippen LogP contribution in [0.4, 0.5) is 5.69 Å². The molecule has 1 amide bonds. The quantitative estimate of drug-likeness (QED) is 0.673. The first-order valence-electron chi connectivity index (χ1n) is 6.85. The molecule has 1 fully saturated rings. The van der Waals surface area contributed by atoms with Gasteiger partial charge >= 0.3 is 5.69 Å². The Bertz CT molecular complexity index is 545. The molecule has 7 nitrogen and oxygen atoms in total. The number of carbonyl (C=O) groups is 1. The molecule has 0 spiro atoms. The first kappa shape index (κ1) is 18.2. The number of nitrogens with zero attached hydrogens (tertiary/aromatic N) is 2. The van der Waals surface area contributed by atoms with E-state index in [1.807, 2.05) is 7.05 Å². The molecule has 1 aromatic carbocycles. The van der Waals surface area contributed by atoms with Gasteiger partial charge in [-0.25, -0.2) is 0 Å². The maximum atomic E-state index is 12.4. The summed E-state index contributed by atoms with van der Waals surface area (Å²) in [6.45, 7) is 1.37. The van der Waals surface area contributed by atoms with Crippen molar-refractivity contribution in [2.45, 2.75) is 18.9 Å². The van der Waals surface area contributed by atoms with Crippen molar-refractivity contribution >= 4 is 24.0 Å². The number of nitro groups is 1. The van der Waals surface area contributed by atoms with Crippen molar-refractivity contribution < 1.29 is 14.5 Å². The highest BCUT2D eigenvalue weighted by Gasteiger charge is 2.24. The van der Waals surface area contributed by atoms with Gasteiger partial charge < -0.3 is 15.0 Å². The van der Waals surface area contributed by atoms with Gasteiger partial charge in [0.05, 0.1) is 12.0 Å². The number of benzene rings is 1. The molecule has 0 unspecified atom stereocenters. The number of carbonyl (C=O) groups excluding carboxylic acids is 1. The fraction of sp³-hybridized carbons (Fsp3) is 0.500. The third-order valence-corrected chi connectivity index (χ3v) is 3.81. The zero-order valence-electron chi connectivity index (χ0n) is 12.6. The van der Waals surface area contributed by atoms with E-state index in [1.165, 1.54) is 25.3 Å². The van der Waals surface area contributed by atoms with E-state index in [9.17, 15) is 14.9 Å².